The molecular formula is C13H21P. The topological polar surface area (TPSA) is 0 Å². The van der Waals surface area contributed by atoms with E-state index in [1.54, 1.807) is 0 Å². The van der Waals surface area contributed by atoms with Crippen molar-refractivity contribution in [3.8, 4) is 0 Å². The number of rotatable bonds is 5. The summed E-state index contributed by atoms with van der Waals surface area (Å²) >= 11 is 0. The van der Waals surface area contributed by atoms with Crippen LogP contribution in [-0.2, 0) is 0 Å². The van der Waals surface area contributed by atoms with Crippen LogP contribution < -0.4 is 5.30 Å². The highest BCUT2D eigenvalue weighted by atomic mass is 31.0. The third-order valence-electron chi connectivity index (χ3n) is 2.71. The van der Waals surface area contributed by atoms with Crippen LogP contribution in [0.4, 0.5) is 0 Å². The molecule has 0 aliphatic carbocycles. The minimum Gasteiger partial charge on any atom is -0.105 e. The molecule has 1 heteroatoms. The molecule has 1 atom stereocenters. The van der Waals surface area contributed by atoms with Crippen molar-refractivity contribution in [1.29, 1.82) is 0 Å². The van der Waals surface area contributed by atoms with Gasteiger partial charge in [0.2, 0.25) is 0 Å². The molecule has 14 heavy (non-hydrogen) atoms. The van der Waals surface area contributed by atoms with Gasteiger partial charge in [-0.1, -0.05) is 51.0 Å². The van der Waals surface area contributed by atoms with Gasteiger partial charge in [-0.05, 0) is 29.6 Å². The zero-order valence-electron chi connectivity index (χ0n) is 9.29. The fraction of sp³-hybridized carbons (Fsp3) is 0.538. The molecular weight excluding hydrogens is 187 g/mol. The fourth-order valence-electron chi connectivity index (χ4n) is 2.03. The second-order valence-electron chi connectivity index (χ2n) is 3.90. The van der Waals surface area contributed by atoms with Crippen LogP contribution in [0, 0.1) is 0 Å². The van der Waals surface area contributed by atoms with Crippen LogP contribution in [0.5, 0.6) is 0 Å². The molecule has 0 radical (unpaired) electrons. The zero-order valence-corrected chi connectivity index (χ0v) is 10.4. The minimum absolute atomic E-state index is 0.763. The van der Waals surface area contributed by atoms with Gasteiger partial charge in [-0.15, -0.1) is 9.24 Å². The lowest BCUT2D eigenvalue weighted by molar-refractivity contribution is 0.563. The lowest BCUT2D eigenvalue weighted by Crippen LogP contribution is -2.07. The summed E-state index contributed by atoms with van der Waals surface area (Å²) in [7, 11) is 2.86. The molecule has 78 valence electrons. The Balaban J connectivity index is 2.81. The molecule has 0 spiro atoms. The quantitative estimate of drug-likeness (QED) is 0.644. The first-order valence-corrected chi connectivity index (χ1v) is 6.21. The van der Waals surface area contributed by atoms with Crippen LogP contribution in [0.15, 0.2) is 24.3 Å². The summed E-state index contributed by atoms with van der Waals surface area (Å²) in [4.78, 5) is 0. The van der Waals surface area contributed by atoms with Crippen molar-refractivity contribution in [1.82, 2.24) is 0 Å². The molecule has 1 aromatic rings. The minimum atomic E-state index is 0.763. The second kappa shape index (κ2) is 6.19. The fourth-order valence-corrected chi connectivity index (χ4v) is 2.48. The highest BCUT2D eigenvalue weighted by molar-refractivity contribution is 7.27. The Morgan fingerprint density at radius 1 is 1.07 bits per heavy atom. The Bertz CT molecular complexity index is 262. The van der Waals surface area contributed by atoms with Crippen molar-refractivity contribution >= 4 is 14.5 Å². The smallest absolute Gasteiger partial charge is 0.0156 e. The highest BCUT2D eigenvalue weighted by Crippen LogP contribution is 2.25. The number of hydrogen-bond donors (Lipinski definition) is 0. The van der Waals surface area contributed by atoms with E-state index in [2.05, 4.69) is 47.4 Å². The van der Waals surface area contributed by atoms with Gasteiger partial charge in [0.05, 0.1) is 0 Å². The molecule has 0 heterocycles. The van der Waals surface area contributed by atoms with Gasteiger partial charge in [-0.3, -0.25) is 0 Å². The summed E-state index contributed by atoms with van der Waals surface area (Å²) in [6.45, 7) is 4.54. The lowest BCUT2D eigenvalue weighted by Gasteiger charge is -2.17. The van der Waals surface area contributed by atoms with E-state index in [9.17, 15) is 0 Å². The first-order valence-electron chi connectivity index (χ1n) is 5.64. The standard InChI is InChI=1S/C13H21P/c1-3-7-11(8-4-2)12-9-5-6-10-13(12)14/h5-6,9-11H,3-4,7-8,14H2,1-2H3. The molecule has 0 aliphatic heterocycles. The van der Waals surface area contributed by atoms with Gasteiger partial charge < -0.3 is 0 Å². The first-order chi connectivity index (χ1) is 6.79. The highest BCUT2D eigenvalue weighted by Gasteiger charge is 2.11. The van der Waals surface area contributed by atoms with Crippen LogP contribution in [-0.4, -0.2) is 0 Å². The van der Waals surface area contributed by atoms with Gasteiger partial charge in [0.15, 0.2) is 0 Å². The molecule has 1 aromatic carbocycles. The van der Waals surface area contributed by atoms with E-state index in [0.29, 0.717) is 0 Å². The van der Waals surface area contributed by atoms with Gasteiger partial charge in [0.25, 0.3) is 0 Å². The van der Waals surface area contributed by atoms with E-state index < -0.39 is 0 Å². The van der Waals surface area contributed by atoms with E-state index in [0.717, 1.165) is 5.92 Å². The van der Waals surface area contributed by atoms with Crippen molar-refractivity contribution in [3.05, 3.63) is 29.8 Å². The molecule has 1 unspecified atom stereocenters. The summed E-state index contributed by atoms with van der Waals surface area (Å²) in [5.41, 5.74) is 1.53. The van der Waals surface area contributed by atoms with Gasteiger partial charge in [0, 0.05) is 0 Å². The van der Waals surface area contributed by atoms with E-state index >= 15 is 0 Å². The lowest BCUT2D eigenvalue weighted by atomic mass is 9.90. The van der Waals surface area contributed by atoms with Crippen molar-refractivity contribution in [3.63, 3.8) is 0 Å². The largest absolute Gasteiger partial charge is 0.105 e. The predicted octanol–water partition coefficient (Wildman–Crippen LogP) is 3.87. The predicted molar refractivity (Wildman–Crippen MR) is 68.3 cm³/mol. The van der Waals surface area contributed by atoms with Crippen LogP contribution in [0.25, 0.3) is 0 Å². The first kappa shape index (κ1) is 11.7. The Morgan fingerprint density at radius 3 is 2.14 bits per heavy atom. The average molecular weight is 208 g/mol. The molecule has 0 N–H and O–H groups in total. The normalized spacial score (nSPS) is 10.9. The maximum atomic E-state index is 2.86. The third-order valence-corrected chi connectivity index (χ3v) is 3.24. The monoisotopic (exact) mass is 208 g/mol. The van der Waals surface area contributed by atoms with Gasteiger partial charge >= 0.3 is 0 Å². The van der Waals surface area contributed by atoms with E-state index in [4.69, 9.17) is 0 Å². The van der Waals surface area contributed by atoms with Gasteiger partial charge in [0.1, 0.15) is 0 Å². The molecule has 0 amide bonds. The number of benzene rings is 1. The summed E-state index contributed by atoms with van der Waals surface area (Å²) in [6.07, 6.45) is 5.20. The van der Waals surface area contributed by atoms with Crippen molar-refractivity contribution in [2.45, 2.75) is 45.4 Å². The van der Waals surface area contributed by atoms with E-state index in [1.165, 1.54) is 36.6 Å². The van der Waals surface area contributed by atoms with Crippen molar-refractivity contribution in [2.24, 2.45) is 0 Å². The maximum absolute atomic E-state index is 2.86. The Morgan fingerprint density at radius 2 is 1.64 bits per heavy atom. The van der Waals surface area contributed by atoms with E-state index in [1.807, 2.05) is 0 Å². The van der Waals surface area contributed by atoms with Crippen molar-refractivity contribution in [2.75, 3.05) is 0 Å². The summed E-state index contributed by atoms with van der Waals surface area (Å²) < 4.78 is 0. The molecule has 0 bridgehead atoms. The molecule has 0 nitrogen and oxygen atoms in total. The Kier molecular flexibility index (Phi) is 5.19. The second-order valence-corrected chi connectivity index (χ2v) is 4.53. The Labute approximate surface area is 90.3 Å². The van der Waals surface area contributed by atoms with Crippen LogP contribution in [0.3, 0.4) is 0 Å². The maximum Gasteiger partial charge on any atom is -0.0156 e. The average Bonchev–Trinajstić information content (AvgIpc) is 2.18. The zero-order chi connectivity index (χ0) is 10.4. The van der Waals surface area contributed by atoms with Crippen molar-refractivity contribution < 1.29 is 0 Å². The molecule has 0 aliphatic rings. The SMILES string of the molecule is CCCC(CCC)c1ccccc1P. The van der Waals surface area contributed by atoms with Crippen LogP contribution >= 0.6 is 9.24 Å². The third kappa shape index (κ3) is 3.10. The summed E-state index contributed by atoms with van der Waals surface area (Å²) in [6, 6.07) is 8.73. The van der Waals surface area contributed by atoms with Gasteiger partial charge in [-0.2, -0.15) is 0 Å². The van der Waals surface area contributed by atoms with E-state index in [-0.39, 0.29) is 0 Å². The number of hydrogen-bond acceptors (Lipinski definition) is 0. The Hall–Kier alpha value is -0.350. The molecule has 0 saturated carbocycles. The molecule has 0 aromatic heterocycles. The molecule has 1 rings (SSSR count). The summed E-state index contributed by atoms with van der Waals surface area (Å²) in [5, 5.41) is 1.37. The molecule has 0 saturated heterocycles. The molecule has 0 fully saturated rings. The van der Waals surface area contributed by atoms with Crippen LogP contribution in [0.2, 0.25) is 0 Å². The van der Waals surface area contributed by atoms with Gasteiger partial charge in [-0.25, -0.2) is 0 Å². The van der Waals surface area contributed by atoms with Crippen LogP contribution in [0.1, 0.15) is 51.0 Å². The summed E-state index contributed by atoms with van der Waals surface area (Å²) in [5.74, 6) is 0.763.